The molecule has 29 heavy (non-hydrogen) atoms. The smallest absolute Gasteiger partial charge is 0.222 e. The molecule has 2 aromatic carbocycles. The Morgan fingerprint density at radius 2 is 1.90 bits per heavy atom. The molecule has 3 rings (SSSR count). The summed E-state index contributed by atoms with van der Waals surface area (Å²) in [6, 6.07) is 15.5. The Labute approximate surface area is 176 Å². The van der Waals surface area contributed by atoms with Crippen molar-refractivity contribution in [3.05, 3.63) is 76.1 Å². The molecule has 6 heteroatoms. The predicted molar refractivity (Wildman–Crippen MR) is 116 cm³/mol. The highest BCUT2D eigenvalue weighted by Gasteiger charge is 2.17. The molecule has 0 bridgehead atoms. The summed E-state index contributed by atoms with van der Waals surface area (Å²) in [7, 11) is 3.42. The Morgan fingerprint density at radius 3 is 2.59 bits per heavy atom. The van der Waals surface area contributed by atoms with E-state index in [1.165, 1.54) is 0 Å². The van der Waals surface area contributed by atoms with Crippen molar-refractivity contribution in [3.8, 4) is 11.4 Å². The van der Waals surface area contributed by atoms with Crippen LogP contribution in [0.25, 0.3) is 5.69 Å². The maximum atomic E-state index is 12.7. The quantitative estimate of drug-likeness (QED) is 0.564. The minimum Gasteiger partial charge on any atom is -0.496 e. The number of rotatable bonds is 7. The van der Waals surface area contributed by atoms with E-state index in [0.717, 1.165) is 34.0 Å². The molecular weight excluding hydrogens is 386 g/mol. The number of amides is 1. The average Bonchev–Trinajstić information content (AvgIpc) is 3.00. The lowest BCUT2D eigenvalue weighted by atomic mass is 10.1. The number of hydrogen-bond donors (Lipinski definition) is 0. The van der Waals surface area contributed by atoms with E-state index in [1.54, 1.807) is 25.1 Å². The summed E-state index contributed by atoms with van der Waals surface area (Å²) in [6.45, 7) is 4.49. The highest BCUT2D eigenvalue weighted by Crippen LogP contribution is 2.24. The van der Waals surface area contributed by atoms with Gasteiger partial charge in [0.05, 0.1) is 18.5 Å². The van der Waals surface area contributed by atoms with Crippen LogP contribution in [0.15, 0.2) is 48.5 Å². The number of methoxy groups -OCH3 is 1. The minimum absolute atomic E-state index is 0.0679. The van der Waals surface area contributed by atoms with Crippen molar-refractivity contribution in [2.24, 2.45) is 0 Å². The Hall–Kier alpha value is -2.79. The number of halogens is 1. The molecule has 0 atom stereocenters. The number of aryl methyl sites for hydroxylation is 1. The zero-order valence-electron chi connectivity index (χ0n) is 17.3. The van der Waals surface area contributed by atoms with Crippen molar-refractivity contribution in [3.63, 3.8) is 0 Å². The monoisotopic (exact) mass is 411 g/mol. The second kappa shape index (κ2) is 9.14. The summed E-state index contributed by atoms with van der Waals surface area (Å²) in [5, 5.41) is 5.29. The third kappa shape index (κ3) is 4.80. The van der Waals surface area contributed by atoms with Gasteiger partial charge in [0, 0.05) is 36.3 Å². The molecular formula is C23H26ClN3O2. The standard InChI is InChI=1S/C23H26ClN3O2/c1-16-21(17(2)27(25-16)20-8-6-5-7-9-20)11-13-23(28)26(3)15-18-14-19(24)10-12-22(18)29-4/h5-10,12,14H,11,13,15H2,1-4H3. The van der Waals surface area contributed by atoms with Gasteiger partial charge in [-0.25, -0.2) is 4.68 Å². The fourth-order valence-electron chi connectivity index (χ4n) is 3.49. The van der Waals surface area contributed by atoms with Crippen molar-refractivity contribution in [2.45, 2.75) is 33.2 Å². The number of benzene rings is 2. The maximum Gasteiger partial charge on any atom is 0.222 e. The Balaban J connectivity index is 1.68. The highest BCUT2D eigenvalue weighted by atomic mass is 35.5. The van der Waals surface area contributed by atoms with Gasteiger partial charge in [-0.2, -0.15) is 5.10 Å². The van der Waals surface area contributed by atoms with E-state index in [1.807, 2.05) is 61.0 Å². The van der Waals surface area contributed by atoms with Crippen molar-refractivity contribution in [1.82, 2.24) is 14.7 Å². The molecule has 0 N–H and O–H groups in total. The third-order valence-electron chi connectivity index (χ3n) is 5.11. The Bertz CT molecular complexity index is 999. The van der Waals surface area contributed by atoms with Crippen LogP contribution in [-0.2, 0) is 17.8 Å². The number of hydrogen-bond acceptors (Lipinski definition) is 3. The molecule has 1 amide bonds. The first-order valence-corrected chi connectivity index (χ1v) is 9.95. The molecule has 3 aromatic rings. The van der Waals surface area contributed by atoms with Crippen molar-refractivity contribution in [2.75, 3.05) is 14.2 Å². The minimum atomic E-state index is 0.0679. The molecule has 0 radical (unpaired) electrons. The van der Waals surface area contributed by atoms with Gasteiger partial charge in [-0.05, 0) is 56.2 Å². The van der Waals surface area contributed by atoms with Crippen LogP contribution >= 0.6 is 11.6 Å². The van der Waals surface area contributed by atoms with Crippen LogP contribution in [0.2, 0.25) is 5.02 Å². The van der Waals surface area contributed by atoms with Gasteiger partial charge in [-0.3, -0.25) is 4.79 Å². The van der Waals surface area contributed by atoms with Gasteiger partial charge in [0.15, 0.2) is 0 Å². The van der Waals surface area contributed by atoms with Crippen molar-refractivity contribution >= 4 is 17.5 Å². The van der Waals surface area contributed by atoms with Crippen molar-refractivity contribution < 1.29 is 9.53 Å². The fraction of sp³-hybridized carbons (Fsp3) is 0.304. The van der Waals surface area contributed by atoms with E-state index in [-0.39, 0.29) is 5.91 Å². The number of aromatic nitrogens is 2. The normalized spacial score (nSPS) is 10.8. The van der Waals surface area contributed by atoms with Crippen LogP contribution in [0.4, 0.5) is 0 Å². The number of ether oxygens (including phenoxy) is 1. The molecule has 1 heterocycles. The van der Waals surface area contributed by atoms with Gasteiger partial charge in [0.2, 0.25) is 5.91 Å². The van der Waals surface area contributed by atoms with Gasteiger partial charge >= 0.3 is 0 Å². The zero-order chi connectivity index (χ0) is 21.0. The van der Waals surface area contributed by atoms with Crippen molar-refractivity contribution in [1.29, 1.82) is 0 Å². The highest BCUT2D eigenvalue weighted by molar-refractivity contribution is 6.30. The first-order chi connectivity index (χ1) is 13.9. The van der Waals surface area contributed by atoms with E-state index in [4.69, 9.17) is 16.3 Å². The van der Waals surface area contributed by atoms with Gasteiger partial charge in [0.1, 0.15) is 5.75 Å². The summed E-state index contributed by atoms with van der Waals surface area (Å²) in [4.78, 5) is 14.4. The van der Waals surface area contributed by atoms with Crippen LogP contribution in [-0.4, -0.2) is 34.7 Å². The van der Waals surface area contributed by atoms with Crippen LogP contribution in [0, 0.1) is 13.8 Å². The number of carbonyl (C=O) groups is 1. The second-order valence-corrected chi connectivity index (χ2v) is 7.54. The van der Waals surface area contributed by atoms with Gasteiger partial charge in [0.25, 0.3) is 0 Å². The van der Waals surface area contributed by atoms with E-state index in [0.29, 0.717) is 24.4 Å². The lowest BCUT2D eigenvalue weighted by molar-refractivity contribution is -0.130. The molecule has 1 aromatic heterocycles. The SMILES string of the molecule is COc1ccc(Cl)cc1CN(C)C(=O)CCc1c(C)nn(-c2ccccc2)c1C. The number of nitrogens with zero attached hydrogens (tertiary/aromatic N) is 3. The van der Waals surface area contributed by atoms with Crippen LogP contribution in [0.1, 0.15) is 28.9 Å². The maximum absolute atomic E-state index is 12.7. The molecule has 0 aliphatic rings. The molecule has 0 fully saturated rings. The first-order valence-electron chi connectivity index (χ1n) is 9.57. The topological polar surface area (TPSA) is 47.4 Å². The number of para-hydroxylation sites is 1. The van der Waals surface area contributed by atoms with E-state index in [2.05, 4.69) is 5.10 Å². The third-order valence-corrected chi connectivity index (χ3v) is 5.34. The molecule has 0 unspecified atom stereocenters. The summed E-state index contributed by atoms with van der Waals surface area (Å²) < 4.78 is 7.32. The van der Waals surface area contributed by atoms with E-state index in [9.17, 15) is 4.79 Å². The molecule has 152 valence electrons. The average molecular weight is 412 g/mol. The lowest BCUT2D eigenvalue weighted by Gasteiger charge is -2.19. The lowest BCUT2D eigenvalue weighted by Crippen LogP contribution is -2.26. The van der Waals surface area contributed by atoms with Gasteiger partial charge < -0.3 is 9.64 Å². The zero-order valence-corrected chi connectivity index (χ0v) is 18.0. The largest absolute Gasteiger partial charge is 0.496 e. The van der Waals surface area contributed by atoms with E-state index < -0.39 is 0 Å². The number of carbonyl (C=O) groups excluding carboxylic acids is 1. The first kappa shape index (κ1) is 20.9. The molecule has 0 aliphatic carbocycles. The summed E-state index contributed by atoms with van der Waals surface area (Å²) in [6.07, 6.45) is 1.07. The molecule has 0 saturated carbocycles. The molecule has 0 aliphatic heterocycles. The van der Waals surface area contributed by atoms with Crippen LogP contribution in [0.3, 0.4) is 0 Å². The molecule has 0 spiro atoms. The molecule has 0 saturated heterocycles. The van der Waals surface area contributed by atoms with Gasteiger partial charge in [-0.15, -0.1) is 0 Å². The van der Waals surface area contributed by atoms with Gasteiger partial charge in [-0.1, -0.05) is 29.8 Å². The van der Waals surface area contributed by atoms with E-state index >= 15 is 0 Å². The summed E-state index contributed by atoms with van der Waals surface area (Å²) in [5.41, 5.74) is 5.06. The predicted octanol–water partition coefficient (Wildman–Crippen LogP) is 4.74. The molecule has 5 nitrogen and oxygen atoms in total. The summed E-state index contributed by atoms with van der Waals surface area (Å²) in [5.74, 6) is 0.795. The van der Waals surface area contributed by atoms with Crippen LogP contribution in [0.5, 0.6) is 5.75 Å². The fourth-order valence-corrected chi connectivity index (χ4v) is 3.69. The summed E-state index contributed by atoms with van der Waals surface area (Å²) >= 11 is 6.10. The Kier molecular flexibility index (Phi) is 6.60. The Morgan fingerprint density at radius 1 is 1.17 bits per heavy atom. The van der Waals surface area contributed by atoms with Crippen LogP contribution < -0.4 is 4.74 Å². The second-order valence-electron chi connectivity index (χ2n) is 7.10.